The van der Waals surface area contributed by atoms with Crippen LogP contribution < -0.4 is 0 Å². The third kappa shape index (κ3) is 1.28. The molecule has 0 spiro atoms. The molecule has 6 heteroatoms. The average molecular weight is 256 g/mol. The fraction of sp³-hybridized carbons (Fsp3) is 0. The van der Waals surface area contributed by atoms with Gasteiger partial charge in [-0.05, 0) is 18.2 Å². The molecule has 0 fully saturated rings. The standard InChI is InChI=1S/C13H8N2O4/c1-2-5-8-11(15-14-5)13(19)10-7(17)4-3-6(16)9(10)12(8)18/h2-4,16-17H,1H2,(H,14,15). The zero-order valence-corrected chi connectivity index (χ0v) is 9.60. The van der Waals surface area contributed by atoms with Gasteiger partial charge in [-0.1, -0.05) is 6.58 Å². The minimum Gasteiger partial charge on any atom is -0.507 e. The first-order valence-electron chi connectivity index (χ1n) is 5.41. The molecule has 0 amide bonds. The van der Waals surface area contributed by atoms with Crippen molar-refractivity contribution in [3.8, 4) is 11.5 Å². The molecule has 1 aliphatic carbocycles. The van der Waals surface area contributed by atoms with Gasteiger partial charge in [-0.15, -0.1) is 0 Å². The first-order chi connectivity index (χ1) is 9.06. The lowest BCUT2D eigenvalue weighted by molar-refractivity contribution is 0.0972. The molecular weight excluding hydrogens is 248 g/mol. The van der Waals surface area contributed by atoms with E-state index in [0.717, 1.165) is 12.1 Å². The van der Waals surface area contributed by atoms with Gasteiger partial charge in [0.25, 0.3) is 0 Å². The van der Waals surface area contributed by atoms with Crippen molar-refractivity contribution in [2.45, 2.75) is 0 Å². The Labute approximate surface area is 107 Å². The Morgan fingerprint density at radius 1 is 1.05 bits per heavy atom. The molecule has 3 N–H and O–H groups in total. The molecule has 1 aliphatic rings. The number of hydrogen-bond acceptors (Lipinski definition) is 5. The van der Waals surface area contributed by atoms with Crippen LogP contribution in [-0.2, 0) is 0 Å². The van der Waals surface area contributed by atoms with Gasteiger partial charge in [0, 0.05) is 0 Å². The van der Waals surface area contributed by atoms with E-state index >= 15 is 0 Å². The number of carbonyl (C=O) groups is 2. The molecule has 1 heterocycles. The molecule has 0 saturated carbocycles. The van der Waals surface area contributed by atoms with Crippen LogP contribution in [0.5, 0.6) is 11.5 Å². The normalized spacial score (nSPS) is 13.1. The molecule has 94 valence electrons. The van der Waals surface area contributed by atoms with Gasteiger partial charge in [-0.2, -0.15) is 5.10 Å². The van der Waals surface area contributed by atoms with Crippen LogP contribution in [0.25, 0.3) is 6.08 Å². The molecule has 6 nitrogen and oxygen atoms in total. The van der Waals surface area contributed by atoms with E-state index in [-0.39, 0.29) is 33.9 Å². The van der Waals surface area contributed by atoms with Crippen LogP contribution in [-0.4, -0.2) is 32.0 Å². The van der Waals surface area contributed by atoms with Crippen LogP contribution in [0.3, 0.4) is 0 Å². The number of H-pyrrole nitrogens is 1. The number of benzene rings is 1. The Morgan fingerprint density at radius 3 is 2.21 bits per heavy atom. The molecule has 3 rings (SSSR count). The van der Waals surface area contributed by atoms with Crippen molar-refractivity contribution in [3.63, 3.8) is 0 Å². The maximum Gasteiger partial charge on any atom is 0.218 e. The summed E-state index contributed by atoms with van der Waals surface area (Å²) in [5.74, 6) is -1.89. The number of fused-ring (bicyclic) bond motifs is 2. The topological polar surface area (TPSA) is 103 Å². The molecule has 0 atom stereocenters. The predicted octanol–water partition coefficient (Wildman–Crippen LogP) is 1.24. The number of hydrogen-bond donors (Lipinski definition) is 3. The highest BCUT2D eigenvalue weighted by molar-refractivity contribution is 6.30. The molecule has 19 heavy (non-hydrogen) atoms. The summed E-state index contributed by atoms with van der Waals surface area (Å²) in [6.07, 6.45) is 1.36. The minimum atomic E-state index is -0.609. The van der Waals surface area contributed by atoms with E-state index in [2.05, 4.69) is 16.8 Å². The number of phenols is 2. The van der Waals surface area contributed by atoms with Crippen LogP contribution in [0.2, 0.25) is 0 Å². The average Bonchev–Trinajstić information content (AvgIpc) is 2.83. The minimum absolute atomic E-state index is 0.0633. The molecule has 2 aromatic rings. The molecule has 0 saturated heterocycles. The van der Waals surface area contributed by atoms with Crippen molar-refractivity contribution in [1.29, 1.82) is 0 Å². The highest BCUT2D eigenvalue weighted by atomic mass is 16.3. The third-order valence-electron chi connectivity index (χ3n) is 3.06. The van der Waals surface area contributed by atoms with Gasteiger partial charge in [-0.25, -0.2) is 0 Å². The predicted molar refractivity (Wildman–Crippen MR) is 65.3 cm³/mol. The van der Waals surface area contributed by atoms with Gasteiger partial charge in [-0.3, -0.25) is 14.7 Å². The summed E-state index contributed by atoms with van der Waals surface area (Å²) in [7, 11) is 0. The Kier molecular flexibility index (Phi) is 2.10. The largest absolute Gasteiger partial charge is 0.507 e. The lowest BCUT2D eigenvalue weighted by Gasteiger charge is -2.15. The van der Waals surface area contributed by atoms with Crippen molar-refractivity contribution < 1.29 is 19.8 Å². The second-order valence-electron chi connectivity index (χ2n) is 4.08. The monoisotopic (exact) mass is 256 g/mol. The van der Waals surface area contributed by atoms with E-state index in [1.807, 2.05) is 0 Å². The first kappa shape index (κ1) is 11.2. The number of carbonyl (C=O) groups excluding carboxylic acids is 2. The van der Waals surface area contributed by atoms with Gasteiger partial charge < -0.3 is 10.2 Å². The van der Waals surface area contributed by atoms with E-state index in [1.165, 1.54) is 6.08 Å². The number of aromatic nitrogens is 2. The van der Waals surface area contributed by atoms with Gasteiger partial charge in [0.15, 0.2) is 0 Å². The quantitative estimate of drug-likeness (QED) is 0.568. The number of nitrogens with zero attached hydrogens (tertiary/aromatic N) is 1. The summed E-state index contributed by atoms with van der Waals surface area (Å²) < 4.78 is 0. The molecule has 0 aliphatic heterocycles. The Hall–Kier alpha value is -2.89. The van der Waals surface area contributed by atoms with Crippen LogP contribution in [0.4, 0.5) is 0 Å². The maximum atomic E-state index is 12.3. The highest BCUT2D eigenvalue weighted by Crippen LogP contribution is 2.37. The van der Waals surface area contributed by atoms with Gasteiger partial charge >= 0.3 is 0 Å². The fourth-order valence-corrected chi connectivity index (χ4v) is 2.18. The number of rotatable bonds is 1. The van der Waals surface area contributed by atoms with Crippen molar-refractivity contribution in [1.82, 2.24) is 10.2 Å². The second kappa shape index (κ2) is 3.55. The van der Waals surface area contributed by atoms with Gasteiger partial charge in [0.2, 0.25) is 11.6 Å². The van der Waals surface area contributed by atoms with Crippen molar-refractivity contribution in [2.75, 3.05) is 0 Å². The number of aromatic amines is 1. The Bertz CT molecular complexity index is 758. The van der Waals surface area contributed by atoms with E-state index < -0.39 is 11.6 Å². The SMILES string of the molecule is C=Cc1[nH]nc2c1C(=O)c1c(O)ccc(O)c1C2=O. The summed E-state index contributed by atoms with van der Waals surface area (Å²) >= 11 is 0. The smallest absolute Gasteiger partial charge is 0.218 e. The maximum absolute atomic E-state index is 12.3. The van der Waals surface area contributed by atoms with Crippen molar-refractivity contribution in [3.05, 3.63) is 46.8 Å². The van der Waals surface area contributed by atoms with Crippen LogP contribution in [0.1, 0.15) is 37.7 Å². The number of phenolic OH excluding ortho intramolecular Hbond substituents is 2. The van der Waals surface area contributed by atoms with Crippen LogP contribution in [0, 0.1) is 0 Å². The zero-order chi connectivity index (χ0) is 13.7. The second-order valence-corrected chi connectivity index (χ2v) is 4.08. The summed E-state index contributed by atoms with van der Waals surface area (Å²) in [4.78, 5) is 24.6. The third-order valence-corrected chi connectivity index (χ3v) is 3.06. The van der Waals surface area contributed by atoms with Gasteiger partial charge in [0.1, 0.15) is 17.2 Å². The van der Waals surface area contributed by atoms with E-state index in [9.17, 15) is 19.8 Å². The number of aromatic hydroxyl groups is 2. The summed E-state index contributed by atoms with van der Waals surface area (Å²) in [5, 5.41) is 25.8. The molecule has 0 radical (unpaired) electrons. The van der Waals surface area contributed by atoms with Crippen molar-refractivity contribution in [2.24, 2.45) is 0 Å². The highest BCUT2D eigenvalue weighted by Gasteiger charge is 2.37. The molecular formula is C13H8N2O4. The van der Waals surface area contributed by atoms with E-state index in [0.29, 0.717) is 5.69 Å². The van der Waals surface area contributed by atoms with Crippen LogP contribution in [0.15, 0.2) is 18.7 Å². The van der Waals surface area contributed by atoms with Crippen molar-refractivity contribution >= 4 is 17.6 Å². The summed E-state index contributed by atoms with van der Waals surface area (Å²) in [5.41, 5.74) is -0.134. The lowest BCUT2D eigenvalue weighted by atomic mass is 9.85. The zero-order valence-electron chi connectivity index (χ0n) is 9.60. The molecule has 1 aromatic carbocycles. The molecule has 0 unspecified atom stereocenters. The van der Waals surface area contributed by atoms with Gasteiger partial charge in [0.05, 0.1) is 22.4 Å². The lowest BCUT2D eigenvalue weighted by Crippen LogP contribution is -2.21. The molecule has 0 bridgehead atoms. The Balaban J connectivity index is 2.41. The summed E-state index contributed by atoms with van der Waals surface area (Å²) in [6, 6.07) is 2.32. The van der Waals surface area contributed by atoms with E-state index in [4.69, 9.17) is 0 Å². The number of nitrogens with one attached hydrogen (secondary N) is 1. The molecule has 1 aromatic heterocycles. The number of ketones is 2. The Morgan fingerprint density at radius 2 is 1.63 bits per heavy atom. The first-order valence-corrected chi connectivity index (χ1v) is 5.41. The van der Waals surface area contributed by atoms with E-state index in [1.54, 1.807) is 0 Å². The summed E-state index contributed by atoms with van der Waals surface area (Å²) in [6.45, 7) is 3.52. The van der Waals surface area contributed by atoms with Crippen LogP contribution >= 0.6 is 0 Å². The fourth-order valence-electron chi connectivity index (χ4n) is 2.18.